The molecule has 0 spiro atoms. The van der Waals surface area contributed by atoms with E-state index in [0.717, 1.165) is 10.0 Å². The Morgan fingerprint density at radius 2 is 1.96 bits per heavy atom. The molecule has 0 aliphatic heterocycles. The second-order valence-electron chi connectivity index (χ2n) is 5.56. The van der Waals surface area contributed by atoms with Crippen LogP contribution >= 0.6 is 27.5 Å². The molecule has 0 saturated carbocycles. The Balaban J connectivity index is 1.87. The average Bonchev–Trinajstić information content (AvgIpc) is 2.55. The fraction of sp³-hybridized carbons (Fsp3) is 0.278. The third-order valence-corrected chi connectivity index (χ3v) is 4.34. The van der Waals surface area contributed by atoms with Crippen molar-refractivity contribution in [2.24, 2.45) is 0 Å². The van der Waals surface area contributed by atoms with Crippen LogP contribution in [0, 0.1) is 0 Å². The molecule has 4 nitrogen and oxygen atoms in total. The third kappa shape index (κ3) is 5.51. The Morgan fingerprint density at radius 3 is 2.58 bits per heavy atom. The third-order valence-electron chi connectivity index (χ3n) is 3.55. The lowest BCUT2D eigenvalue weighted by atomic mass is 10.1. The molecule has 2 aromatic carbocycles. The molecule has 0 heterocycles. The van der Waals surface area contributed by atoms with E-state index in [1.54, 1.807) is 12.1 Å². The first-order valence-corrected chi connectivity index (χ1v) is 8.70. The van der Waals surface area contributed by atoms with Crippen LogP contribution in [0.5, 0.6) is 5.75 Å². The van der Waals surface area contributed by atoms with E-state index in [1.807, 2.05) is 38.4 Å². The van der Waals surface area contributed by atoms with Gasteiger partial charge in [-0.2, -0.15) is 0 Å². The second kappa shape index (κ2) is 9.06. The summed E-state index contributed by atoms with van der Waals surface area (Å²) in [5.41, 5.74) is 1.15. The number of carbonyl (C=O) groups is 1. The van der Waals surface area contributed by atoms with Crippen LogP contribution in [0.3, 0.4) is 0 Å². The molecular formula is C18H20BrClN2O2. The number of carbonyl (C=O) groups excluding carboxylic acids is 1. The predicted octanol–water partition coefficient (Wildman–Crippen LogP) is 3.90. The number of rotatable bonds is 7. The average molecular weight is 412 g/mol. The van der Waals surface area contributed by atoms with E-state index in [9.17, 15) is 4.79 Å². The number of ether oxygens (including phenoxy) is 1. The summed E-state index contributed by atoms with van der Waals surface area (Å²) in [7, 11) is 3.98. The molecule has 1 atom stereocenters. The number of amides is 1. The van der Waals surface area contributed by atoms with Gasteiger partial charge in [-0.1, -0.05) is 57.9 Å². The quantitative estimate of drug-likeness (QED) is 0.751. The Morgan fingerprint density at radius 1 is 1.25 bits per heavy atom. The van der Waals surface area contributed by atoms with Gasteiger partial charge in [0, 0.05) is 11.0 Å². The van der Waals surface area contributed by atoms with Crippen LogP contribution < -0.4 is 10.1 Å². The topological polar surface area (TPSA) is 41.6 Å². The van der Waals surface area contributed by atoms with Crippen LogP contribution in [-0.2, 0) is 4.79 Å². The standard InChI is InChI=1S/C18H20BrClN2O2/c1-22(2)16(13-6-4-3-5-7-13)11-21-18(23)12-24-17-9-8-14(19)10-15(17)20/h3-10,16H,11-12H2,1-2H3,(H,21,23)/t16-/m1/s1. The molecule has 1 N–H and O–H groups in total. The lowest BCUT2D eigenvalue weighted by molar-refractivity contribution is -0.123. The highest BCUT2D eigenvalue weighted by molar-refractivity contribution is 9.10. The maximum absolute atomic E-state index is 12.0. The fourth-order valence-electron chi connectivity index (χ4n) is 2.27. The van der Waals surface area contributed by atoms with E-state index in [2.05, 4.69) is 38.3 Å². The van der Waals surface area contributed by atoms with Crippen molar-refractivity contribution in [1.29, 1.82) is 0 Å². The Kier molecular flexibility index (Phi) is 7.09. The van der Waals surface area contributed by atoms with Gasteiger partial charge in [0.1, 0.15) is 5.75 Å². The summed E-state index contributed by atoms with van der Waals surface area (Å²) >= 11 is 9.40. The van der Waals surface area contributed by atoms with Gasteiger partial charge in [-0.15, -0.1) is 0 Å². The summed E-state index contributed by atoms with van der Waals surface area (Å²) < 4.78 is 6.34. The number of halogens is 2. The van der Waals surface area contributed by atoms with Gasteiger partial charge in [0.2, 0.25) is 0 Å². The van der Waals surface area contributed by atoms with Crippen molar-refractivity contribution in [3.05, 3.63) is 63.6 Å². The monoisotopic (exact) mass is 410 g/mol. The molecule has 0 bridgehead atoms. The largest absolute Gasteiger partial charge is 0.482 e. The molecular weight excluding hydrogens is 392 g/mol. The van der Waals surface area contributed by atoms with E-state index in [1.165, 1.54) is 0 Å². The molecule has 0 aliphatic carbocycles. The molecule has 0 fully saturated rings. The molecule has 0 radical (unpaired) electrons. The van der Waals surface area contributed by atoms with Crippen molar-refractivity contribution >= 4 is 33.4 Å². The molecule has 0 aliphatic rings. The van der Waals surface area contributed by atoms with Crippen LogP contribution in [0.2, 0.25) is 5.02 Å². The van der Waals surface area contributed by atoms with Crippen LogP contribution in [0.25, 0.3) is 0 Å². The zero-order valence-corrected chi connectivity index (χ0v) is 16.0. The van der Waals surface area contributed by atoms with Crippen molar-refractivity contribution in [1.82, 2.24) is 10.2 Å². The van der Waals surface area contributed by atoms with Crippen LogP contribution in [-0.4, -0.2) is 38.1 Å². The second-order valence-corrected chi connectivity index (χ2v) is 6.88. The fourth-order valence-corrected chi connectivity index (χ4v) is 3.00. The van der Waals surface area contributed by atoms with Gasteiger partial charge in [-0.05, 0) is 37.9 Å². The molecule has 0 unspecified atom stereocenters. The number of hydrogen-bond donors (Lipinski definition) is 1. The molecule has 2 aromatic rings. The first kappa shape index (κ1) is 18.8. The van der Waals surface area contributed by atoms with Crippen molar-refractivity contribution < 1.29 is 9.53 Å². The van der Waals surface area contributed by atoms with E-state index < -0.39 is 0 Å². The molecule has 0 aromatic heterocycles. The number of nitrogens with zero attached hydrogens (tertiary/aromatic N) is 1. The zero-order valence-electron chi connectivity index (χ0n) is 13.6. The summed E-state index contributed by atoms with van der Waals surface area (Å²) in [6.07, 6.45) is 0. The SMILES string of the molecule is CN(C)[C@H](CNC(=O)COc1ccc(Br)cc1Cl)c1ccccc1. The van der Waals surface area contributed by atoms with E-state index in [0.29, 0.717) is 17.3 Å². The predicted molar refractivity (Wildman–Crippen MR) is 101 cm³/mol. The number of benzene rings is 2. The maximum Gasteiger partial charge on any atom is 0.258 e. The van der Waals surface area contributed by atoms with Crippen LogP contribution in [0.15, 0.2) is 53.0 Å². The van der Waals surface area contributed by atoms with Crippen molar-refractivity contribution in [2.45, 2.75) is 6.04 Å². The molecule has 24 heavy (non-hydrogen) atoms. The first-order chi connectivity index (χ1) is 11.5. The van der Waals surface area contributed by atoms with Crippen LogP contribution in [0.1, 0.15) is 11.6 Å². The minimum absolute atomic E-state index is 0.0731. The first-order valence-electron chi connectivity index (χ1n) is 7.53. The van der Waals surface area contributed by atoms with E-state index >= 15 is 0 Å². The smallest absolute Gasteiger partial charge is 0.258 e. The summed E-state index contributed by atoms with van der Waals surface area (Å²) in [6.45, 7) is 0.434. The van der Waals surface area contributed by atoms with Gasteiger partial charge in [0.15, 0.2) is 6.61 Å². The summed E-state index contributed by atoms with van der Waals surface area (Å²) in [5.74, 6) is 0.305. The van der Waals surface area contributed by atoms with Crippen molar-refractivity contribution in [3.8, 4) is 5.75 Å². The van der Waals surface area contributed by atoms with Gasteiger partial charge in [-0.3, -0.25) is 4.79 Å². The highest BCUT2D eigenvalue weighted by Crippen LogP contribution is 2.27. The lowest BCUT2D eigenvalue weighted by Crippen LogP contribution is -2.36. The Hall–Kier alpha value is -1.56. The summed E-state index contributed by atoms with van der Waals surface area (Å²) in [4.78, 5) is 14.1. The van der Waals surface area contributed by atoms with Crippen LogP contribution in [0.4, 0.5) is 0 Å². The number of likely N-dealkylation sites (N-methyl/N-ethyl adjacent to an activating group) is 1. The van der Waals surface area contributed by atoms with Gasteiger partial charge in [-0.25, -0.2) is 0 Å². The maximum atomic E-state index is 12.0. The minimum atomic E-state index is -0.184. The molecule has 1 amide bonds. The molecule has 128 valence electrons. The Bertz CT molecular complexity index is 680. The van der Waals surface area contributed by atoms with Gasteiger partial charge in [0.25, 0.3) is 5.91 Å². The van der Waals surface area contributed by atoms with Gasteiger partial charge in [0.05, 0.1) is 11.1 Å². The summed E-state index contributed by atoms with van der Waals surface area (Å²) in [6, 6.07) is 15.4. The van der Waals surface area contributed by atoms with Gasteiger partial charge >= 0.3 is 0 Å². The number of nitrogens with one attached hydrogen (secondary N) is 1. The van der Waals surface area contributed by atoms with E-state index in [4.69, 9.17) is 16.3 Å². The minimum Gasteiger partial charge on any atom is -0.482 e. The molecule has 0 saturated heterocycles. The normalized spacial score (nSPS) is 12.0. The highest BCUT2D eigenvalue weighted by atomic mass is 79.9. The van der Waals surface area contributed by atoms with Crippen molar-refractivity contribution in [2.75, 3.05) is 27.2 Å². The van der Waals surface area contributed by atoms with E-state index in [-0.39, 0.29) is 18.6 Å². The highest BCUT2D eigenvalue weighted by Gasteiger charge is 2.15. The summed E-state index contributed by atoms with van der Waals surface area (Å²) in [5, 5.41) is 3.37. The Labute approximate surface area is 155 Å². The molecule has 2 rings (SSSR count). The lowest BCUT2D eigenvalue weighted by Gasteiger charge is -2.25. The molecule has 6 heteroatoms. The van der Waals surface area contributed by atoms with Crippen molar-refractivity contribution in [3.63, 3.8) is 0 Å². The van der Waals surface area contributed by atoms with Gasteiger partial charge < -0.3 is 15.0 Å². The number of hydrogen-bond acceptors (Lipinski definition) is 3. The zero-order chi connectivity index (χ0) is 17.5.